The van der Waals surface area contributed by atoms with Crippen LogP contribution in [-0.4, -0.2) is 63.8 Å². The third-order valence-electron chi connectivity index (χ3n) is 3.84. The molecule has 7 nitrogen and oxygen atoms in total. The minimum absolute atomic E-state index is 0.0165. The zero-order valence-corrected chi connectivity index (χ0v) is 13.8. The van der Waals surface area contributed by atoms with Crippen LogP contribution in [-0.2, 0) is 14.6 Å². The number of likely N-dealkylation sites (N-methyl/N-ethyl adjacent to an activating group) is 1. The van der Waals surface area contributed by atoms with Crippen molar-refractivity contribution in [2.45, 2.75) is 12.5 Å². The first-order chi connectivity index (χ1) is 10.9. The van der Waals surface area contributed by atoms with Gasteiger partial charge in [0.15, 0.2) is 22.7 Å². The fourth-order valence-corrected chi connectivity index (χ4v) is 4.18. The van der Waals surface area contributed by atoms with Gasteiger partial charge >= 0.3 is 0 Å². The number of benzene rings is 1. The SMILES string of the molecule is COc1ccc(OCC(=O)N(C)[C@H]2CCS(=O)(=O)C2)c(C=O)c1. The molecule has 0 aromatic heterocycles. The Bertz CT molecular complexity index is 700. The van der Waals surface area contributed by atoms with Gasteiger partial charge in [0.2, 0.25) is 0 Å². The summed E-state index contributed by atoms with van der Waals surface area (Å²) in [7, 11) is -0.00833. The van der Waals surface area contributed by atoms with Gasteiger partial charge < -0.3 is 14.4 Å². The molecule has 1 fully saturated rings. The lowest BCUT2D eigenvalue weighted by molar-refractivity contribution is -0.133. The monoisotopic (exact) mass is 341 g/mol. The largest absolute Gasteiger partial charge is 0.497 e. The standard InChI is InChI=1S/C15H19NO6S/c1-16(12-5-6-23(19,20)10-12)15(18)9-22-14-4-3-13(21-2)7-11(14)8-17/h3-4,7-8,12H,5-6,9-10H2,1-2H3/t12-/m0/s1. The maximum Gasteiger partial charge on any atom is 0.260 e. The van der Waals surface area contributed by atoms with E-state index in [1.807, 2.05) is 0 Å². The normalized spacial score (nSPS) is 19.1. The van der Waals surface area contributed by atoms with Crippen molar-refractivity contribution in [2.24, 2.45) is 0 Å². The highest BCUT2D eigenvalue weighted by Crippen LogP contribution is 2.23. The lowest BCUT2D eigenvalue weighted by atomic mass is 10.2. The van der Waals surface area contributed by atoms with Crippen LogP contribution in [0.15, 0.2) is 18.2 Å². The van der Waals surface area contributed by atoms with E-state index in [0.717, 1.165) is 0 Å². The van der Waals surface area contributed by atoms with Gasteiger partial charge in [0, 0.05) is 13.1 Å². The van der Waals surface area contributed by atoms with E-state index in [2.05, 4.69) is 0 Å². The molecular weight excluding hydrogens is 322 g/mol. The average Bonchev–Trinajstić information content (AvgIpc) is 2.91. The minimum atomic E-state index is -3.05. The Labute approximate surface area is 135 Å². The number of carbonyl (C=O) groups is 2. The van der Waals surface area contributed by atoms with Gasteiger partial charge in [-0.15, -0.1) is 0 Å². The predicted molar refractivity (Wildman–Crippen MR) is 83.7 cm³/mol. The number of aldehydes is 1. The van der Waals surface area contributed by atoms with Gasteiger partial charge in [-0.3, -0.25) is 9.59 Å². The smallest absolute Gasteiger partial charge is 0.260 e. The van der Waals surface area contributed by atoms with E-state index in [-0.39, 0.29) is 41.4 Å². The van der Waals surface area contributed by atoms with Crippen molar-refractivity contribution in [3.8, 4) is 11.5 Å². The van der Waals surface area contributed by atoms with Crippen LogP contribution in [0.1, 0.15) is 16.8 Å². The third-order valence-corrected chi connectivity index (χ3v) is 5.59. The van der Waals surface area contributed by atoms with Crippen molar-refractivity contribution in [3.05, 3.63) is 23.8 Å². The van der Waals surface area contributed by atoms with Crippen LogP contribution in [0.2, 0.25) is 0 Å². The number of methoxy groups -OCH3 is 1. The number of nitrogens with zero attached hydrogens (tertiary/aromatic N) is 1. The molecule has 126 valence electrons. The Morgan fingerprint density at radius 2 is 2.17 bits per heavy atom. The van der Waals surface area contributed by atoms with Crippen LogP contribution in [0, 0.1) is 0 Å². The number of rotatable bonds is 6. The lowest BCUT2D eigenvalue weighted by Gasteiger charge is -2.23. The molecule has 1 aliphatic rings. The number of amides is 1. The second-order valence-electron chi connectivity index (χ2n) is 5.37. The molecule has 8 heteroatoms. The Morgan fingerprint density at radius 1 is 1.43 bits per heavy atom. The highest BCUT2D eigenvalue weighted by atomic mass is 32.2. The fourth-order valence-electron chi connectivity index (χ4n) is 2.40. The van der Waals surface area contributed by atoms with Crippen molar-refractivity contribution in [2.75, 3.05) is 32.3 Å². The summed E-state index contributed by atoms with van der Waals surface area (Å²) in [5, 5.41) is 0. The van der Waals surface area contributed by atoms with Crippen molar-refractivity contribution >= 4 is 22.0 Å². The Morgan fingerprint density at radius 3 is 2.74 bits per heavy atom. The second-order valence-corrected chi connectivity index (χ2v) is 7.60. The van der Waals surface area contributed by atoms with Gasteiger partial charge in [0.05, 0.1) is 24.2 Å². The summed E-state index contributed by atoms with van der Waals surface area (Å²) in [4.78, 5) is 24.6. The van der Waals surface area contributed by atoms with E-state index in [4.69, 9.17) is 9.47 Å². The molecule has 1 heterocycles. The van der Waals surface area contributed by atoms with Crippen LogP contribution in [0.5, 0.6) is 11.5 Å². The molecule has 0 unspecified atom stereocenters. The second kappa shape index (κ2) is 6.99. The fraction of sp³-hybridized carbons (Fsp3) is 0.467. The van der Waals surface area contributed by atoms with Crippen molar-refractivity contribution in [1.29, 1.82) is 0 Å². The van der Waals surface area contributed by atoms with Gasteiger partial charge in [-0.1, -0.05) is 0 Å². The lowest BCUT2D eigenvalue weighted by Crippen LogP contribution is -2.40. The Balaban J connectivity index is 1.98. The van der Waals surface area contributed by atoms with Crippen LogP contribution >= 0.6 is 0 Å². The number of carbonyl (C=O) groups excluding carboxylic acids is 2. The Kier molecular flexibility index (Phi) is 5.25. The van der Waals surface area contributed by atoms with Crippen LogP contribution in [0.25, 0.3) is 0 Å². The Hall–Kier alpha value is -2.09. The van der Waals surface area contributed by atoms with Crippen molar-refractivity contribution < 1.29 is 27.5 Å². The molecule has 0 spiro atoms. The molecule has 23 heavy (non-hydrogen) atoms. The van der Waals surface area contributed by atoms with E-state index >= 15 is 0 Å². The zero-order valence-electron chi connectivity index (χ0n) is 13.0. The van der Waals surface area contributed by atoms with Crippen molar-refractivity contribution in [1.82, 2.24) is 4.90 Å². The van der Waals surface area contributed by atoms with E-state index in [9.17, 15) is 18.0 Å². The van der Waals surface area contributed by atoms with Crippen LogP contribution < -0.4 is 9.47 Å². The van der Waals surface area contributed by atoms with E-state index in [1.54, 1.807) is 19.2 Å². The van der Waals surface area contributed by atoms with Crippen LogP contribution in [0.4, 0.5) is 0 Å². The third kappa shape index (κ3) is 4.22. The van der Waals surface area contributed by atoms with E-state index in [0.29, 0.717) is 18.5 Å². The first kappa shape index (κ1) is 17.3. The number of ether oxygens (including phenoxy) is 2. The van der Waals surface area contributed by atoms with Crippen LogP contribution in [0.3, 0.4) is 0 Å². The van der Waals surface area contributed by atoms with Gasteiger partial charge in [0.1, 0.15) is 11.5 Å². The summed E-state index contributed by atoms with van der Waals surface area (Å²) in [5.41, 5.74) is 0.281. The molecule has 0 saturated carbocycles. The molecule has 1 atom stereocenters. The van der Waals surface area contributed by atoms with Crippen molar-refractivity contribution in [3.63, 3.8) is 0 Å². The molecular formula is C15H19NO6S. The molecule has 1 aromatic rings. The number of hydrogen-bond acceptors (Lipinski definition) is 6. The molecule has 2 rings (SSSR count). The maximum absolute atomic E-state index is 12.1. The minimum Gasteiger partial charge on any atom is -0.497 e. The van der Waals surface area contributed by atoms with E-state index < -0.39 is 9.84 Å². The molecule has 0 bridgehead atoms. The average molecular weight is 341 g/mol. The molecule has 1 aliphatic heterocycles. The molecule has 1 saturated heterocycles. The quantitative estimate of drug-likeness (QED) is 0.701. The topological polar surface area (TPSA) is 90.0 Å². The summed E-state index contributed by atoms with van der Waals surface area (Å²) in [6.45, 7) is -0.264. The molecule has 1 aromatic carbocycles. The van der Waals surface area contributed by atoms with E-state index in [1.165, 1.54) is 18.1 Å². The summed E-state index contributed by atoms with van der Waals surface area (Å²) in [5.74, 6) is 0.543. The maximum atomic E-state index is 12.1. The highest BCUT2D eigenvalue weighted by Gasteiger charge is 2.32. The summed E-state index contributed by atoms with van der Waals surface area (Å²) in [6, 6.07) is 4.37. The molecule has 0 aliphatic carbocycles. The molecule has 0 N–H and O–H groups in total. The van der Waals surface area contributed by atoms with Gasteiger partial charge in [0.25, 0.3) is 5.91 Å². The zero-order chi connectivity index (χ0) is 17.0. The summed E-state index contributed by atoms with van der Waals surface area (Å²) < 4.78 is 33.4. The predicted octanol–water partition coefficient (Wildman–Crippen LogP) is 0.532. The molecule has 1 amide bonds. The first-order valence-electron chi connectivity index (χ1n) is 7.08. The van der Waals surface area contributed by atoms with Gasteiger partial charge in [-0.25, -0.2) is 8.42 Å². The first-order valence-corrected chi connectivity index (χ1v) is 8.90. The highest BCUT2D eigenvalue weighted by molar-refractivity contribution is 7.91. The summed E-state index contributed by atoms with van der Waals surface area (Å²) >= 11 is 0. The number of hydrogen-bond donors (Lipinski definition) is 0. The van der Waals surface area contributed by atoms with Gasteiger partial charge in [-0.2, -0.15) is 0 Å². The van der Waals surface area contributed by atoms with Gasteiger partial charge in [-0.05, 0) is 24.6 Å². The molecule has 0 radical (unpaired) electrons. The number of sulfone groups is 1. The summed E-state index contributed by atoms with van der Waals surface area (Å²) in [6.07, 6.45) is 1.06.